The van der Waals surface area contributed by atoms with Gasteiger partial charge in [-0.3, -0.25) is 4.79 Å². The lowest BCUT2D eigenvalue weighted by Crippen LogP contribution is -2.20. The second-order valence-corrected chi connectivity index (χ2v) is 7.40. The lowest BCUT2D eigenvalue weighted by atomic mass is 9.97. The van der Waals surface area contributed by atoms with Crippen molar-refractivity contribution in [2.24, 2.45) is 11.3 Å². The van der Waals surface area contributed by atoms with Gasteiger partial charge in [0.15, 0.2) is 0 Å². The Hall–Kier alpha value is -2.30. The highest BCUT2D eigenvalue weighted by atomic mass is 16.5. The molecule has 0 radical (unpaired) electrons. The zero-order valence-corrected chi connectivity index (χ0v) is 13.6. The maximum atomic E-state index is 12.2. The van der Waals surface area contributed by atoms with E-state index in [-0.39, 0.29) is 29.3 Å². The SMILES string of the molecule is CC(C)(C)COC(=O)c1ccc2c(c1)C1NC(=O)C(=CO)C1C2. The number of carbonyl (C=O) groups excluding carboxylic acids is 2. The minimum atomic E-state index is -0.353. The van der Waals surface area contributed by atoms with Crippen LogP contribution in [-0.4, -0.2) is 23.6 Å². The number of aliphatic hydroxyl groups excluding tert-OH is 1. The summed E-state index contributed by atoms with van der Waals surface area (Å²) in [6.07, 6.45) is 1.58. The molecule has 1 fully saturated rings. The van der Waals surface area contributed by atoms with Gasteiger partial charge in [-0.25, -0.2) is 4.79 Å². The maximum Gasteiger partial charge on any atom is 0.338 e. The third-order valence-corrected chi connectivity index (χ3v) is 4.28. The Balaban J connectivity index is 1.82. The molecule has 0 aromatic heterocycles. The maximum absolute atomic E-state index is 12.2. The first-order chi connectivity index (χ1) is 10.8. The number of hydrogen-bond acceptors (Lipinski definition) is 4. The molecule has 23 heavy (non-hydrogen) atoms. The molecular formula is C18H21NO4. The summed E-state index contributed by atoms with van der Waals surface area (Å²) in [4.78, 5) is 24.0. The Labute approximate surface area is 135 Å². The second-order valence-electron chi connectivity index (χ2n) is 7.40. The van der Waals surface area contributed by atoms with Crippen molar-refractivity contribution in [2.45, 2.75) is 33.2 Å². The van der Waals surface area contributed by atoms with Crippen LogP contribution < -0.4 is 5.32 Å². The molecule has 1 amide bonds. The monoisotopic (exact) mass is 315 g/mol. The van der Waals surface area contributed by atoms with Crippen LogP contribution in [0.2, 0.25) is 0 Å². The van der Waals surface area contributed by atoms with Crippen LogP contribution in [0.15, 0.2) is 30.0 Å². The van der Waals surface area contributed by atoms with E-state index in [1.54, 1.807) is 12.1 Å². The van der Waals surface area contributed by atoms with Crippen molar-refractivity contribution >= 4 is 11.9 Å². The fourth-order valence-electron chi connectivity index (χ4n) is 3.15. The van der Waals surface area contributed by atoms with Crippen LogP contribution in [0, 0.1) is 11.3 Å². The van der Waals surface area contributed by atoms with Crippen molar-refractivity contribution in [3.05, 3.63) is 46.7 Å². The summed E-state index contributed by atoms with van der Waals surface area (Å²) in [7, 11) is 0. The minimum absolute atomic E-state index is 0.0663. The third-order valence-electron chi connectivity index (χ3n) is 4.28. The number of rotatable bonds is 2. The van der Waals surface area contributed by atoms with E-state index in [9.17, 15) is 14.7 Å². The molecule has 1 heterocycles. The summed E-state index contributed by atoms with van der Waals surface area (Å²) in [5, 5.41) is 12.1. The Kier molecular flexibility index (Phi) is 3.66. The quantitative estimate of drug-likeness (QED) is 0.500. The van der Waals surface area contributed by atoms with Crippen molar-refractivity contribution in [2.75, 3.05) is 6.61 Å². The van der Waals surface area contributed by atoms with Crippen molar-refractivity contribution in [3.63, 3.8) is 0 Å². The topological polar surface area (TPSA) is 75.6 Å². The lowest BCUT2D eigenvalue weighted by molar-refractivity contribution is -0.116. The van der Waals surface area contributed by atoms with E-state index in [1.807, 2.05) is 26.8 Å². The van der Waals surface area contributed by atoms with Crippen LogP contribution in [0.1, 0.15) is 48.3 Å². The summed E-state index contributed by atoms with van der Waals surface area (Å²) in [5.74, 6) is -0.661. The molecule has 3 rings (SSSR count). The molecule has 2 aliphatic rings. The first-order valence-electron chi connectivity index (χ1n) is 7.75. The molecule has 1 saturated heterocycles. The number of nitrogens with one attached hydrogen (secondary N) is 1. The molecule has 1 aliphatic heterocycles. The first-order valence-corrected chi connectivity index (χ1v) is 7.75. The number of benzene rings is 1. The molecule has 2 atom stereocenters. The van der Waals surface area contributed by atoms with Crippen molar-refractivity contribution in [1.29, 1.82) is 0 Å². The van der Waals surface area contributed by atoms with Crippen molar-refractivity contribution in [1.82, 2.24) is 5.32 Å². The molecule has 0 saturated carbocycles. The number of carbonyl (C=O) groups is 2. The van der Waals surface area contributed by atoms with E-state index in [0.29, 0.717) is 24.2 Å². The van der Waals surface area contributed by atoms with Gasteiger partial charge in [-0.2, -0.15) is 0 Å². The molecule has 122 valence electrons. The van der Waals surface area contributed by atoms with Crippen molar-refractivity contribution in [3.8, 4) is 0 Å². The molecule has 2 unspecified atom stereocenters. The molecule has 2 N–H and O–H groups in total. The van der Waals surface area contributed by atoms with Gasteiger partial charge in [-0.1, -0.05) is 26.8 Å². The van der Waals surface area contributed by atoms with Gasteiger partial charge in [-0.15, -0.1) is 0 Å². The van der Waals surface area contributed by atoms with Crippen LogP contribution >= 0.6 is 0 Å². The Morgan fingerprint density at radius 1 is 1.43 bits per heavy atom. The molecule has 1 aliphatic carbocycles. The average molecular weight is 315 g/mol. The van der Waals surface area contributed by atoms with E-state index in [1.165, 1.54) is 0 Å². The van der Waals surface area contributed by atoms with Gasteiger partial charge in [0.25, 0.3) is 5.91 Å². The smallest absolute Gasteiger partial charge is 0.338 e. The number of aliphatic hydroxyl groups is 1. The number of ether oxygens (including phenoxy) is 1. The summed E-state index contributed by atoms with van der Waals surface area (Å²) in [5.41, 5.74) is 2.84. The Bertz CT molecular complexity index is 699. The largest absolute Gasteiger partial charge is 0.515 e. The van der Waals surface area contributed by atoms with Crippen molar-refractivity contribution < 1.29 is 19.4 Å². The molecule has 0 spiro atoms. The zero-order chi connectivity index (χ0) is 16.8. The van der Waals surface area contributed by atoms with E-state index in [0.717, 1.165) is 17.4 Å². The van der Waals surface area contributed by atoms with Crippen LogP contribution in [0.25, 0.3) is 0 Å². The predicted octanol–water partition coefficient (Wildman–Crippen LogP) is 2.67. The van der Waals surface area contributed by atoms with E-state index < -0.39 is 0 Å². The van der Waals surface area contributed by atoms with E-state index >= 15 is 0 Å². The Morgan fingerprint density at radius 3 is 2.83 bits per heavy atom. The minimum Gasteiger partial charge on any atom is -0.515 e. The third kappa shape index (κ3) is 2.83. The number of hydrogen-bond donors (Lipinski definition) is 2. The average Bonchev–Trinajstić information content (AvgIpc) is 2.97. The number of esters is 1. The highest BCUT2D eigenvalue weighted by molar-refractivity contribution is 5.97. The first kappa shape index (κ1) is 15.6. The van der Waals surface area contributed by atoms with Crippen LogP contribution in [0.5, 0.6) is 0 Å². The van der Waals surface area contributed by atoms with Gasteiger partial charge in [0.1, 0.15) is 0 Å². The molecule has 1 aromatic carbocycles. The van der Waals surface area contributed by atoms with Crippen LogP contribution in [0.4, 0.5) is 0 Å². The van der Waals surface area contributed by atoms with Gasteiger partial charge in [0.05, 0.1) is 30.0 Å². The predicted molar refractivity (Wildman–Crippen MR) is 85.0 cm³/mol. The fraction of sp³-hybridized carbons (Fsp3) is 0.444. The molecule has 0 bridgehead atoms. The summed E-state index contributed by atoms with van der Waals surface area (Å²) >= 11 is 0. The summed E-state index contributed by atoms with van der Waals surface area (Å²) in [6.45, 7) is 6.36. The van der Waals surface area contributed by atoms with Gasteiger partial charge >= 0.3 is 5.97 Å². The second kappa shape index (κ2) is 5.41. The highest BCUT2D eigenvalue weighted by Crippen LogP contribution is 2.44. The Morgan fingerprint density at radius 2 is 2.17 bits per heavy atom. The van der Waals surface area contributed by atoms with Crippen LogP contribution in [-0.2, 0) is 16.0 Å². The van der Waals surface area contributed by atoms with Gasteiger partial charge in [-0.05, 0) is 35.1 Å². The lowest BCUT2D eigenvalue weighted by Gasteiger charge is -2.18. The number of fused-ring (bicyclic) bond motifs is 3. The number of amides is 1. The molecular weight excluding hydrogens is 294 g/mol. The van der Waals surface area contributed by atoms with Gasteiger partial charge < -0.3 is 15.2 Å². The zero-order valence-electron chi connectivity index (χ0n) is 13.6. The van der Waals surface area contributed by atoms with Crippen LogP contribution in [0.3, 0.4) is 0 Å². The van der Waals surface area contributed by atoms with Gasteiger partial charge in [0.2, 0.25) is 0 Å². The molecule has 5 nitrogen and oxygen atoms in total. The van der Waals surface area contributed by atoms with E-state index in [4.69, 9.17) is 4.74 Å². The molecule has 5 heteroatoms. The normalized spacial score (nSPS) is 24.3. The molecule has 1 aromatic rings. The highest BCUT2D eigenvalue weighted by Gasteiger charge is 2.44. The van der Waals surface area contributed by atoms with E-state index in [2.05, 4.69) is 5.32 Å². The summed E-state index contributed by atoms with van der Waals surface area (Å²) < 4.78 is 5.35. The standard InChI is InChI=1S/C18H21NO4/c1-18(2,3)9-23-17(22)11-5-4-10-6-13-14(8-20)16(21)19-15(13)12(10)7-11/h4-5,7-8,13,15,20H,6,9H2,1-3H3,(H,19,21). The van der Waals surface area contributed by atoms with Gasteiger partial charge in [0, 0.05) is 5.92 Å². The fourth-order valence-corrected chi connectivity index (χ4v) is 3.15. The summed E-state index contributed by atoms with van der Waals surface area (Å²) in [6, 6.07) is 5.29.